The molecule has 0 spiro atoms. The predicted octanol–water partition coefficient (Wildman–Crippen LogP) is 1.94. The third-order valence-electron chi connectivity index (χ3n) is 4.18. The number of aryl methyl sites for hydroxylation is 1. The van der Waals surface area contributed by atoms with E-state index in [4.69, 9.17) is 13.9 Å². The molecule has 2 aromatic carbocycles. The molecule has 2 heterocycles. The number of anilines is 1. The molecule has 3 aromatic rings. The summed E-state index contributed by atoms with van der Waals surface area (Å²) in [6, 6.07) is 14.0. The fourth-order valence-corrected chi connectivity index (χ4v) is 2.75. The Morgan fingerprint density at radius 3 is 2.52 bits per heavy atom. The molecular formula is C20H18N4O5. The first kappa shape index (κ1) is 18.5. The number of rotatable bonds is 4. The lowest BCUT2D eigenvalue weighted by Gasteiger charge is -2.26. The van der Waals surface area contributed by atoms with Crippen molar-refractivity contribution in [2.24, 2.45) is 0 Å². The van der Waals surface area contributed by atoms with E-state index in [1.54, 1.807) is 37.3 Å². The van der Waals surface area contributed by atoms with Gasteiger partial charge >= 0.3 is 11.8 Å². The van der Waals surface area contributed by atoms with E-state index in [0.717, 1.165) is 0 Å². The number of fused-ring (bicyclic) bond motifs is 1. The second-order valence-corrected chi connectivity index (χ2v) is 6.37. The number of hydrogen-bond donors (Lipinski definition) is 2. The summed E-state index contributed by atoms with van der Waals surface area (Å²) < 4.78 is 16.7. The number of hydrogen-bond acceptors (Lipinski definition) is 7. The van der Waals surface area contributed by atoms with Gasteiger partial charge in [-0.3, -0.25) is 9.59 Å². The SMILES string of the molecule is Cc1nnc(-c2ccc(NC(=O)C(=O)NC[C@H]3COc4ccccc4O3)cc2)o1. The Morgan fingerprint density at radius 2 is 1.79 bits per heavy atom. The second-order valence-electron chi connectivity index (χ2n) is 6.37. The van der Waals surface area contributed by atoms with Crippen LogP contribution in [0.15, 0.2) is 52.9 Å². The van der Waals surface area contributed by atoms with Crippen molar-refractivity contribution >= 4 is 17.5 Å². The quantitative estimate of drug-likeness (QED) is 0.650. The third kappa shape index (κ3) is 4.34. The van der Waals surface area contributed by atoms with Crippen LogP contribution in [0.25, 0.3) is 11.5 Å². The van der Waals surface area contributed by atoms with Crippen molar-refractivity contribution in [1.29, 1.82) is 0 Å². The lowest BCUT2D eigenvalue weighted by molar-refractivity contribution is -0.136. The van der Waals surface area contributed by atoms with Gasteiger partial charge in [0.1, 0.15) is 12.7 Å². The number of nitrogens with zero attached hydrogens (tertiary/aromatic N) is 2. The van der Waals surface area contributed by atoms with Gasteiger partial charge in [-0.1, -0.05) is 12.1 Å². The Hall–Kier alpha value is -3.88. The molecule has 9 heteroatoms. The first-order valence-corrected chi connectivity index (χ1v) is 8.97. The van der Waals surface area contributed by atoms with Gasteiger partial charge in [-0.05, 0) is 36.4 Å². The summed E-state index contributed by atoms with van der Waals surface area (Å²) in [6.45, 7) is 2.14. The van der Waals surface area contributed by atoms with E-state index in [1.165, 1.54) is 0 Å². The third-order valence-corrected chi connectivity index (χ3v) is 4.18. The zero-order valence-electron chi connectivity index (χ0n) is 15.5. The maximum atomic E-state index is 12.1. The average molecular weight is 394 g/mol. The van der Waals surface area contributed by atoms with Crippen molar-refractivity contribution in [1.82, 2.24) is 15.5 Å². The lowest BCUT2D eigenvalue weighted by atomic mass is 10.2. The second kappa shape index (κ2) is 8.01. The van der Waals surface area contributed by atoms with Gasteiger partial charge in [0.05, 0.1) is 6.54 Å². The van der Waals surface area contributed by atoms with Crippen LogP contribution in [0.4, 0.5) is 5.69 Å². The van der Waals surface area contributed by atoms with Gasteiger partial charge in [0.25, 0.3) is 0 Å². The molecule has 0 saturated carbocycles. The molecule has 1 aromatic heterocycles. The predicted molar refractivity (Wildman–Crippen MR) is 102 cm³/mol. The zero-order valence-corrected chi connectivity index (χ0v) is 15.5. The summed E-state index contributed by atoms with van der Waals surface area (Å²) in [4.78, 5) is 24.2. The van der Waals surface area contributed by atoms with Crippen LogP contribution < -0.4 is 20.1 Å². The van der Waals surface area contributed by atoms with Crippen LogP contribution in [-0.2, 0) is 9.59 Å². The van der Waals surface area contributed by atoms with E-state index in [1.807, 2.05) is 18.2 Å². The van der Waals surface area contributed by atoms with Crippen LogP contribution >= 0.6 is 0 Å². The van der Waals surface area contributed by atoms with Crippen molar-refractivity contribution in [3.63, 3.8) is 0 Å². The van der Waals surface area contributed by atoms with Crippen LogP contribution in [0.3, 0.4) is 0 Å². The largest absolute Gasteiger partial charge is 0.486 e. The Balaban J connectivity index is 1.28. The summed E-state index contributed by atoms with van der Waals surface area (Å²) in [5.74, 6) is 0.581. The van der Waals surface area contributed by atoms with E-state index in [9.17, 15) is 9.59 Å². The number of para-hydroxylation sites is 2. The number of carbonyl (C=O) groups excluding carboxylic acids is 2. The molecule has 0 fully saturated rings. The van der Waals surface area contributed by atoms with Crippen molar-refractivity contribution < 1.29 is 23.5 Å². The Bertz CT molecular complexity index is 1030. The monoisotopic (exact) mass is 394 g/mol. The number of nitrogens with one attached hydrogen (secondary N) is 2. The Kier molecular flexibility index (Phi) is 5.10. The topological polar surface area (TPSA) is 116 Å². The summed E-state index contributed by atoms with van der Waals surface area (Å²) in [7, 11) is 0. The van der Waals surface area contributed by atoms with Gasteiger partial charge < -0.3 is 24.5 Å². The average Bonchev–Trinajstić information content (AvgIpc) is 3.18. The van der Waals surface area contributed by atoms with E-state index in [2.05, 4.69) is 20.8 Å². The van der Waals surface area contributed by atoms with Gasteiger partial charge in [-0.2, -0.15) is 0 Å². The first-order valence-electron chi connectivity index (χ1n) is 8.97. The van der Waals surface area contributed by atoms with E-state index >= 15 is 0 Å². The number of ether oxygens (including phenoxy) is 2. The molecule has 0 radical (unpaired) electrons. The molecule has 2 N–H and O–H groups in total. The highest BCUT2D eigenvalue weighted by Crippen LogP contribution is 2.30. The maximum Gasteiger partial charge on any atom is 0.313 e. The zero-order chi connectivity index (χ0) is 20.2. The highest BCUT2D eigenvalue weighted by molar-refractivity contribution is 6.39. The molecular weight excluding hydrogens is 376 g/mol. The Morgan fingerprint density at radius 1 is 1.03 bits per heavy atom. The minimum absolute atomic E-state index is 0.149. The fourth-order valence-electron chi connectivity index (χ4n) is 2.75. The van der Waals surface area contributed by atoms with Gasteiger partial charge in [0, 0.05) is 18.2 Å². The van der Waals surface area contributed by atoms with Gasteiger partial charge in [0.2, 0.25) is 11.8 Å². The van der Waals surface area contributed by atoms with Crippen LogP contribution in [0.5, 0.6) is 11.5 Å². The molecule has 2 amide bonds. The van der Waals surface area contributed by atoms with Crippen LogP contribution in [-0.4, -0.2) is 41.3 Å². The molecule has 148 valence electrons. The molecule has 29 heavy (non-hydrogen) atoms. The fraction of sp³-hybridized carbons (Fsp3) is 0.200. The molecule has 1 aliphatic rings. The van der Waals surface area contributed by atoms with Gasteiger partial charge in [-0.25, -0.2) is 0 Å². The molecule has 1 atom stereocenters. The smallest absolute Gasteiger partial charge is 0.313 e. The number of aromatic nitrogens is 2. The molecule has 4 rings (SSSR count). The van der Waals surface area contributed by atoms with Gasteiger partial charge in [-0.15, -0.1) is 10.2 Å². The number of benzene rings is 2. The summed E-state index contributed by atoms with van der Waals surface area (Å²) >= 11 is 0. The molecule has 9 nitrogen and oxygen atoms in total. The van der Waals surface area contributed by atoms with Crippen molar-refractivity contribution in [3.05, 3.63) is 54.4 Å². The van der Waals surface area contributed by atoms with Crippen molar-refractivity contribution in [2.45, 2.75) is 13.0 Å². The molecule has 1 aliphatic heterocycles. The lowest BCUT2D eigenvalue weighted by Crippen LogP contribution is -2.44. The van der Waals surface area contributed by atoms with E-state index < -0.39 is 11.8 Å². The number of amides is 2. The summed E-state index contributed by atoms with van der Waals surface area (Å²) in [6.07, 6.45) is -0.376. The molecule has 0 bridgehead atoms. The Labute approximate surface area is 166 Å². The van der Waals surface area contributed by atoms with Crippen LogP contribution in [0, 0.1) is 6.92 Å². The summed E-state index contributed by atoms with van der Waals surface area (Å²) in [5.41, 5.74) is 1.18. The van der Waals surface area contributed by atoms with Gasteiger partial charge in [0.15, 0.2) is 11.5 Å². The first-order chi connectivity index (χ1) is 14.1. The minimum atomic E-state index is -0.775. The standard InChI is InChI=1S/C20H18N4O5/c1-12-23-24-20(28-12)13-6-8-14(9-7-13)22-19(26)18(25)21-10-15-11-27-16-4-2-3-5-17(16)29-15/h2-9,15H,10-11H2,1H3,(H,21,25)(H,22,26)/t15-/m0/s1. The highest BCUT2D eigenvalue weighted by atomic mass is 16.6. The van der Waals surface area contributed by atoms with Crippen LogP contribution in [0.1, 0.15) is 5.89 Å². The molecule has 0 aliphatic carbocycles. The molecule has 0 unspecified atom stereocenters. The minimum Gasteiger partial charge on any atom is -0.486 e. The van der Waals surface area contributed by atoms with Crippen LogP contribution in [0.2, 0.25) is 0 Å². The highest BCUT2D eigenvalue weighted by Gasteiger charge is 2.22. The van der Waals surface area contributed by atoms with E-state index in [-0.39, 0.29) is 19.3 Å². The van der Waals surface area contributed by atoms with E-state index in [0.29, 0.717) is 34.5 Å². The summed E-state index contributed by atoms with van der Waals surface area (Å²) in [5, 5.41) is 12.8. The molecule has 0 saturated heterocycles. The number of carbonyl (C=O) groups is 2. The maximum absolute atomic E-state index is 12.1. The van der Waals surface area contributed by atoms with Crippen molar-refractivity contribution in [2.75, 3.05) is 18.5 Å². The van der Waals surface area contributed by atoms with Crippen molar-refractivity contribution in [3.8, 4) is 23.0 Å². The normalized spacial score (nSPS) is 14.9.